The molecule has 0 N–H and O–H groups in total. The zero-order valence-corrected chi connectivity index (χ0v) is 17.2. The van der Waals surface area contributed by atoms with E-state index in [1.54, 1.807) is 17.0 Å². The van der Waals surface area contributed by atoms with Crippen molar-refractivity contribution in [2.24, 2.45) is 0 Å². The summed E-state index contributed by atoms with van der Waals surface area (Å²) in [5.41, 5.74) is 3.66. The average molecular weight is 414 g/mol. The van der Waals surface area contributed by atoms with Gasteiger partial charge in [-0.05, 0) is 29.7 Å². The van der Waals surface area contributed by atoms with Gasteiger partial charge in [-0.15, -0.1) is 0 Å². The second-order valence-corrected chi connectivity index (χ2v) is 7.17. The fraction of sp³-hybridized carbons (Fsp3) is 0.160. The van der Waals surface area contributed by atoms with Crippen molar-refractivity contribution in [3.05, 3.63) is 106 Å². The van der Waals surface area contributed by atoms with Gasteiger partial charge in [0.15, 0.2) is 0 Å². The van der Waals surface area contributed by atoms with E-state index in [2.05, 4.69) is 5.10 Å². The summed E-state index contributed by atoms with van der Waals surface area (Å²) in [6.45, 7) is 2.68. The first kappa shape index (κ1) is 20.3. The second-order valence-electron chi connectivity index (χ2n) is 7.17. The maximum atomic E-state index is 12.2. The first-order chi connectivity index (χ1) is 15.1. The van der Waals surface area contributed by atoms with Crippen LogP contribution in [0.4, 0.5) is 0 Å². The summed E-state index contributed by atoms with van der Waals surface area (Å²) in [5, 5.41) is 5.07. The molecule has 0 saturated carbocycles. The Bertz CT molecular complexity index is 1290. The van der Waals surface area contributed by atoms with Crippen LogP contribution in [0.25, 0.3) is 17.0 Å². The fourth-order valence-electron chi connectivity index (χ4n) is 3.30. The molecule has 0 amide bonds. The van der Waals surface area contributed by atoms with Crippen LogP contribution in [0.2, 0.25) is 0 Å². The molecule has 0 fully saturated rings. The SMILES string of the molecule is CCc1ccc2c(COC(=O)/C=C/c3cnn(Cc4ccccc4)c3)cc(=O)oc2c1. The largest absolute Gasteiger partial charge is 0.458 e. The predicted octanol–water partition coefficient (Wildman–Crippen LogP) is 4.36. The van der Waals surface area contributed by atoms with Crippen molar-refractivity contribution in [2.45, 2.75) is 26.5 Å². The lowest BCUT2D eigenvalue weighted by molar-refractivity contribution is -0.138. The Kier molecular flexibility index (Phi) is 6.08. The first-order valence-electron chi connectivity index (χ1n) is 10.1. The van der Waals surface area contributed by atoms with Crippen LogP contribution in [-0.4, -0.2) is 15.7 Å². The minimum atomic E-state index is -0.498. The van der Waals surface area contributed by atoms with Crippen molar-refractivity contribution in [3.8, 4) is 0 Å². The van der Waals surface area contributed by atoms with E-state index in [1.807, 2.05) is 61.7 Å². The molecule has 2 heterocycles. The van der Waals surface area contributed by atoms with Crippen LogP contribution in [0, 0.1) is 0 Å². The molecule has 0 spiro atoms. The van der Waals surface area contributed by atoms with E-state index in [4.69, 9.17) is 9.15 Å². The summed E-state index contributed by atoms with van der Waals surface area (Å²) in [4.78, 5) is 24.0. The number of carbonyl (C=O) groups is 1. The van der Waals surface area contributed by atoms with Crippen molar-refractivity contribution in [2.75, 3.05) is 0 Å². The third-order valence-corrected chi connectivity index (χ3v) is 4.93. The summed E-state index contributed by atoms with van der Waals surface area (Å²) in [5.74, 6) is -0.498. The molecule has 0 unspecified atom stereocenters. The fourth-order valence-corrected chi connectivity index (χ4v) is 3.30. The Labute approximate surface area is 179 Å². The smallest absolute Gasteiger partial charge is 0.336 e. The zero-order valence-electron chi connectivity index (χ0n) is 17.2. The number of aromatic nitrogens is 2. The van der Waals surface area contributed by atoms with Crippen LogP contribution >= 0.6 is 0 Å². The molecule has 4 aromatic rings. The topological polar surface area (TPSA) is 74.3 Å². The Morgan fingerprint density at radius 1 is 1.13 bits per heavy atom. The van der Waals surface area contributed by atoms with Crippen LogP contribution in [0.3, 0.4) is 0 Å². The lowest BCUT2D eigenvalue weighted by Gasteiger charge is -2.07. The van der Waals surface area contributed by atoms with Gasteiger partial charge in [-0.1, -0.05) is 49.4 Å². The second kappa shape index (κ2) is 9.26. The number of ether oxygens (including phenoxy) is 1. The Morgan fingerprint density at radius 3 is 2.77 bits per heavy atom. The third-order valence-electron chi connectivity index (χ3n) is 4.93. The molecule has 0 saturated heterocycles. The number of rotatable bonds is 7. The van der Waals surface area contributed by atoms with Gasteiger partial charge in [0.2, 0.25) is 0 Å². The number of benzene rings is 2. The Morgan fingerprint density at radius 2 is 1.97 bits per heavy atom. The summed E-state index contributed by atoms with van der Waals surface area (Å²) < 4.78 is 12.4. The Balaban J connectivity index is 1.39. The first-order valence-corrected chi connectivity index (χ1v) is 10.1. The quantitative estimate of drug-likeness (QED) is 0.255. The maximum absolute atomic E-state index is 12.2. The van der Waals surface area contributed by atoms with Crippen LogP contribution in [0.15, 0.2) is 82.3 Å². The third kappa shape index (κ3) is 5.17. The highest BCUT2D eigenvalue weighted by Gasteiger charge is 2.08. The standard InChI is InChI=1S/C25H22N2O4/c1-2-18-8-10-22-21(13-25(29)31-23(22)12-18)17-30-24(28)11-9-20-14-26-27(16-20)15-19-6-4-3-5-7-19/h3-14,16H,2,15,17H2,1H3/b11-9+. The van der Waals surface area contributed by atoms with E-state index < -0.39 is 11.6 Å². The minimum Gasteiger partial charge on any atom is -0.458 e. The predicted molar refractivity (Wildman–Crippen MR) is 118 cm³/mol. The minimum absolute atomic E-state index is 0.00991. The van der Waals surface area contributed by atoms with Gasteiger partial charge in [-0.3, -0.25) is 4.68 Å². The number of fused-ring (bicyclic) bond motifs is 1. The molecule has 2 aromatic heterocycles. The Hall–Kier alpha value is -3.93. The molecule has 156 valence electrons. The van der Waals surface area contributed by atoms with Gasteiger partial charge < -0.3 is 9.15 Å². The highest BCUT2D eigenvalue weighted by atomic mass is 16.5. The van der Waals surface area contributed by atoms with Crippen molar-refractivity contribution in [1.82, 2.24) is 9.78 Å². The summed E-state index contributed by atoms with van der Waals surface area (Å²) in [7, 11) is 0. The van der Waals surface area contributed by atoms with Crippen molar-refractivity contribution < 1.29 is 13.9 Å². The molecule has 0 bridgehead atoms. The number of nitrogens with zero attached hydrogens (tertiary/aromatic N) is 2. The molecule has 0 radical (unpaired) electrons. The number of aryl methyl sites for hydroxylation is 1. The number of esters is 1. The molecule has 6 nitrogen and oxygen atoms in total. The van der Waals surface area contributed by atoms with Crippen molar-refractivity contribution in [1.29, 1.82) is 0 Å². The maximum Gasteiger partial charge on any atom is 0.336 e. The molecule has 6 heteroatoms. The molecule has 0 atom stereocenters. The highest BCUT2D eigenvalue weighted by molar-refractivity contribution is 5.87. The molecular formula is C25H22N2O4. The average Bonchev–Trinajstić information content (AvgIpc) is 3.23. The molecule has 4 rings (SSSR count). The molecule has 0 aliphatic rings. The zero-order chi connectivity index (χ0) is 21.6. The molecule has 0 aliphatic heterocycles. The lowest BCUT2D eigenvalue weighted by Crippen LogP contribution is -2.05. The van der Waals surface area contributed by atoms with E-state index in [-0.39, 0.29) is 6.61 Å². The van der Waals surface area contributed by atoms with Gasteiger partial charge in [-0.25, -0.2) is 9.59 Å². The van der Waals surface area contributed by atoms with Gasteiger partial charge in [0.25, 0.3) is 0 Å². The van der Waals surface area contributed by atoms with Crippen LogP contribution < -0.4 is 5.63 Å². The summed E-state index contributed by atoms with van der Waals surface area (Å²) in [6, 6.07) is 17.1. The normalized spacial score (nSPS) is 11.3. The molecule has 2 aromatic carbocycles. The summed E-state index contributed by atoms with van der Waals surface area (Å²) >= 11 is 0. The van der Waals surface area contributed by atoms with E-state index >= 15 is 0 Å². The van der Waals surface area contributed by atoms with Crippen LogP contribution in [-0.2, 0) is 29.1 Å². The van der Waals surface area contributed by atoms with Gasteiger partial charge in [0.05, 0.1) is 12.7 Å². The van der Waals surface area contributed by atoms with Gasteiger partial charge in [0.1, 0.15) is 12.2 Å². The number of hydrogen-bond donors (Lipinski definition) is 0. The monoisotopic (exact) mass is 414 g/mol. The van der Waals surface area contributed by atoms with E-state index in [9.17, 15) is 9.59 Å². The van der Waals surface area contributed by atoms with Gasteiger partial charge in [0, 0.05) is 34.9 Å². The van der Waals surface area contributed by atoms with Crippen molar-refractivity contribution in [3.63, 3.8) is 0 Å². The lowest BCUT2D eigenvalue weighted by atomic mass is 10.1. The van der Waals surface area contributed by atoms with Gasteiger partial charge in [-0.2, -0.15) is 5.10 Å². The molecular weight excluding hydrogens is 392 g/mol. The number of carbonyl (C=O) groups excluding carboxylic acids is 1. The van der Waals surface area contributed by atoms with Gasteiger partial charge >= 0.3 is 11.6 Å². The van der Waals surface area contributed by atoms with Crippen LogP contribution in [0.5, 0.6) is 0 Å². The van der Waals surface area contributed by atoms with E-state index in [0.29, 0.717) is 17.7 Å². The highest BCUT2D eigenvalue weighted by Crippen LogP contribution is 2.20. The van der Waals surface area contributed by atoms with E-state index in [0.717, 1.165) is 28.5 Å². The molecule has 31 heavy (non-hydrogen) atoms. The van der Waals surface area contributed by atoms with Crippen LogP contribution in [0.1, 0.15) is 29.2 Å². The number of hydrogen-bond acceptors (Lipinski definition) is 5. The van der Waals surface area contributed by atoms with Crippen molar-refractivity contribution >= 4 is 23.0 Å². The summed E-state index contributed by atoms with van der Waals surface area (Å²) in [6.07, 6.45) is 7.39. The molecule has 0 aliphatic carbocycles. The van der Waals surface area contributed by atoms with E-state index in [1.165, 1.54) is 12.1 Å².